The molecule has 0 saturated carbocycles. The number of amides is 1. The SMILES string of the molecule is C=CC[C@@H]1CC(c2cccc(Cl)c2)[C@@H](c2ccc(Cl)cc2)N([C@@H](CC)C(C)=O)C1=O. The van der Waals surface area contributed by atoms with Gasteiger partial charge in [-0.05, 0) is 61.6 Å². The molecular weight excluding hydrogens is 417 g/mol. The third kappa shape index (κ3) is 4.63. The van der Waals surface area contributed by atoms with Crippen molar-refractivity contribution in [1.82, 2.24) is 4.90 Å². The number of hydrogen-bond acceptors (Lipinski definition) is 2. The summed E-state index contributed by atoms with van der Waals surface area (Å²) in [6.45, 7) is 7.35. The fraction of sp³-hybridized carbons (Fsp3) is 0.360. The summed E-state index contributed by atoms with van der Waals surface area (Å²) in [6.07, 6.45) is 3.60. The second-order valence-electron chi connectivity index (χ2n) is 7.90. The number of rotatable bonds is 7. The first kappa shape index (κ1) is 22.6. The third-order valence-corrected chi connectivity index (χ3v) is 6.44. The minimum Gasteiger partial charge on any atom is -0.325 e. The molecule has 3 nitrogen and oxygen atoms in total. The van der Waals surface area contributed by atoms with Gasteiger partial charge in [-0.3, -0.25) is 9.59 Å². The molecule has 1 aliphatic rings. The summed E-state index contributed by atoms with van der Waals surface area (Å²) >= 11 is 12.4. The van der Waals surface area contributed by atoms with E-state index in [1.165, 1.54) is 0 Å². The second-order valence-corrected chi connectivity index (χ2v) is 8.77. The van der Waals surface area contributed by atoms with E-state index in [4.69, 9.17) is 23.2 Å². The van der Waals surface area contributed by atoms with Gasteiger partial charge >= 0.3 is 0 Å². The highest BCUT2D eigenvalue weighted by Gasteiger charge is 2.45. The van der Waals surface area contributed by atoms with Crippen LogP contribution in [-0.2, 0) is 9.59 Å². The number of allylic oxidation sites excluding steroid dienone is 1. The lowest BCUT2D eigenvalue weighted by molar-refractivity contribution is -0.150. The molecular formula is C25H27Cl2NO2. The van der Waals surface area contributed by atoms with E-state index in [1.807, 2.05) is 60.4 Å². The number of Topliss-reactive ketones (excluding diaryl/α,β-unsaturated/α-hetero) is 1. The van der Waals surface area contributed by atoms with Crippen LogP contribution in [0.1, 0.15) is 56.2 Å². The van der Waals surface area contributed by atoms with Gasteiger partial charge in [0.1, 0.15) is 0 Å². The topological polar surface area (TPSA) is 37.4 Å². The van der Waals surface area contributed by atoms with Crippen LogP contribution >= 0.6 is 23.2 Å². The van der Waals surface area contributed by atoms with Crippen LogP contribution in [0.5, 0.6) is 0 Å². The van der Waals surface area contributed by atoms with Crippen LogP contribution < -0.4 is 0 Å². The normalized spacial score (nSPS) is 22.6. The summed E-state index contributed by atoms with van der Waals surface area (Å²) in [5.41, 5.74) is 2.03. The van der Waals surface area contributed by atoms with Gasteiger partial charge in [-0.25, -0.2) is 0 Å². The van der Waals surface area contributed by atoms with Crippen LogP contribution in [-0.4, -0.2) is 22.6 Å². The number of carbonyl (C=O) groups is 2. The maximum absolute atomic E-state index is 13.6. The number of carbonyl (C=O) groups excluding carboxylic acids is 2. The molecule has 158 valence electrons. The number of likely N-dealkylation sites (tertiary alicyclic amines) is 1. The monoisotopic (exact) mass is 443 g/mol. The Balaban J connectivity index is 2.20. The van der Waals surface area contributed by atoms with Crippen molar-refractivity contribution in [3.05, 3.63) is 82.4 Å². The van der Waals surface area contributed by atoms with Crippen LogP contribution in [0.15, 0.2) is 61.2 Å². The molecule has 1 saturated heterocycles. The standard InChI is InChI=1S/C25H27Cl2NO2/c1-4-7-19-15-22(18-8-6-9-21(27)14-18)24(17-10-12-20(26)13-11-17)28(25(19)30)23(5-2)16(3)29/h4,6,8-14,19,22-24H,1,5,7,15H2,2-3H3/t19-,22?,23+,24-/m1/s1. The van der Waals surface area contributed by atoms with Gasteiger partial charge in [0, 0.05) is 21.9 Å². The summed E-state index contributed by atoms with van der Waals surface area (Å²) in [7, 11) is 0. The number of piperidine rings is 1. The highest BCUT2D eigenvalue weighted by atomic mass is 35.5. The third-order valence-electron chi connectivity index (χ3n) is 5.95. The van der Waals surface area contributed by atoms with Crippen LogP contribution in [0, 0.1) is 5.92 Å². The number of ketones is 1. The first-order valence-electron chi connectivity index (χ1n) is 10.3. The quantitative estimate of drug-likeness (QED) is 0.451. The molecule has 4 atom stereocenters. The molecule has 0 spiro atoms. The maximum atomic E-state index is 13.6. The first-order valence-corrected chi connectivity index (χ1v) is 11.1. The maximum Gasteiger partial charge on any atom is 0.227 e. The Kier molecular flexibility index (Phi) is 7.38. The van der Waals surface area contributed by atoms with Crippen molar-refractivity contribution in [2.24, 2.45) is 5.92 Å². The molecule has 3 rings (SSSR count). The molecule has 0 aliphatic carbocycles. The van der Waals surface area contributed by atoms with E-state index < -0.39 is 6.04 Å². The predicted molar refractivity (Wildman–Crippen MR) is 123 cm³/mol. The van der Waals surface area contributed by atoms with E-state index in [-0.39, 0.29) is 29.6 Å². The van der Waals surface area contributed by atoms with Crippen molar-refractivity contribution < 1.29 is 9.59 Å². The average Bonchev–Trinajstić information content (AvgIpc) is 2.71. The molecule has 0 N–H and O–H groups in total. The number of nitrogens with zero attached hydrogens (tertiary/aromatic N) is 1. The minimum absolute atomic E-state index is 0.000857. The summed E-state index contributed by atoms with van der Waals surface area (Å²) < 4.78 is 0. The average molecular weight is 444 g/mol. The van der Waals surface area contributed by atoms with Gasteiger partial charge in [0.25, 0.3) is 0 Å². The number of hydrogen-bond donors (Lipinski definition) is 0. The molecule has 1 fully saturated rings. The molecule has 30 heavy (non-hydrogen) atoms. The van der Waals surface area contributed by atoms with E-state index in [9.17, 15) is 9.59 Å². The summed E-state index contributed by atoms with van der Waals surface area (Å²) in [5, 5.41) is 1.29. The minimum atomic E-state index is -0.479. The Hall–Kier alpha value is -2.10. The highest BCUT2D eigenvalue weighted by molar-refractivity contribution is 6.30. The van der Waals surface area contributed by atoms with Gasteiger partial charge in [0.15, 0.2) is 5.78 Å². The van der Waals surface area contributed by atoms with Crippen molar-refractivity contribution in [3.8, 4) is 0 Å². The zero-order chi connectivity index (χ0) is 21.8. The fourth-order valence-corrected chi connectivity index (χ4v) is 4.94. The van der Waals surface area contributed by atoms with Crippen molar-refractivity contribution in [2.75, 3.05) is 0 Å². The zero-order valence-corrected chi connectivity index (χ0v) is 18.9. The Bertz CT molecular complexity index is 925. The van der Waals surface area contributed by atoms with Crippen LogP contribution in [0.2, 0.25) is 10.0 Å². The van der Waals surface area contributed by atoms with E-state index in [0.717, 1.165) is 11.1 Å². The van der Waals surface area contributed by atoms with Crippen molar-refractivity contribution in [2.45, 2.75) is 51.1 Å². The number of halogens is 2. The fourth-order valence-electron chi connectivity index (χ4n) is 4.61. The van der Waals surface area contributed by atoms with E-state index >= 15 is 0 Å². The Labute approximate surface area is 188 Å². The number of benzene rings is 2. The van der Waals surface area contributed by atoms with Crippen molar-refractivity contribution >= 4 is 34.9 Å². The zero-order valence-electron chi connectivity index (χ0n) is 17.4. The van der Waals surface area contributed by atoms with Gasteiger partial charge in [-0.15, -0.1) is 6.58 Å². The predicted octanol–water partition coefficient (Wildman–Crippen LogP) is 6.61. The molecule has 1 heterocycles. The van der Waals surface area contributed by atoms with Gasteiger partial charge in [0.05, 0.1) is 12.1 Å². The summed E-state index contributed by atoms with van der Waals surface area (Å²) in [6, 6.07) is 14.6. The molecule has 1 unspecified atom stereocenters. The van der Waals surface area contributed by atoms with Crippen molar-refractivity contribution in [3.63, 3.8) is 0 Å². The lowest BCUT2D eigenvalue weighted by Crippen LogP contribution is -2.53. The van der Waals surface area contributed by atoms with E-state index in [2.05, 4.69) is 6.58 Å². The lowest BCUT2D eigenvalue weighted by atomic mass is 9.74. The molecule has 0 radical (unpaired) electrons. The lowest BCUT2D eigenvalue weighted by Gasteiger charge is -2.47. The second kappa shape index (κ2) is 9.80. The van der Waals surface area contributed by atoms with Crippen molar-refractivity contribution in [1.29, 1.82) is 0 Å². The van der Waals surface area contributed by atoms with Gasteiger partial charge in [-0.2, -0.15) is 0 Å². The van der Waals surface area contributed by atoms with E-state index in [0.29, 0.717) is 29.3 Å². The Morgan fingerprint density at radius 2 is 1.87 bits per heavy atom. The van der Waals surface area contributed by atoms with Gasteiger partial charge < -0.3 is 4.90 Å². The molecule has 2 aromatic rings. The molecule has 0 bridgehead atoms. The molecule has 0 aromatic heterocycles. The molecule has 1 aliphatic heterocycles. The van der Waals surface area contributed by atoms with Crippen LogP contribution in [0.4, 0.5) is 0 Å². The molecule has 5 heteroatoms. The van der Waals surface area contributed by atoms with Crippen LogP contribution in [0.3, 0.4) is 0 Å². The Morgan fingerprint density at radius 1 is 1.17 bits per heavy atom. The summed E-state index contributed by atoms with van der Waals surface area (Å²) in [5.74, 6) is -0.214. The largest absolute Gasteiger partial charge is 0.325 e. The smallest absolute Gasteiger partial charge is 0.227 e. The molecule has 2 aromatic carbocycles. The summed E-state index contributed by atoms with van der Waals surface area (Å²) in [4.78, 5) is 28.0. The van der Waals surface area contributed by atoms with Crippen LogP contribution in [0.25, 0.3) is 0 Å². The highest BCUT2D eigenvalue weighted by Crippen LogP contribution is 2.47. The van der Waals surface area contributed by atoms with Gasteiger partial charge in [0.2, 0.25) is 5.91 Å². The first-order chi connectivity index (χ1) is 14.4. The van der Waals surface area contributed by atoms with Gasteiger partial charge in [-0.1, -0.05) is 60.5 Å². The molecule has 1 amide bonds. The Morgan fingerprint density at radius 3 is 2.43 bits per heavy atom. The van der Waals surface area contributed by atoms with E-state index in [1.54, 1.807) is 13.0 Å².